The number of nitrogens with zero attached hydrogens (tertiary/aromatic N) is 6. The fourth-order valence-corrected chi connectivity index (χ4v) is 4.29. The van der Waals surface area contributed by atoms with E-state index in [4.69, 9.17) is 9.97 Å². The van der Waals surface area contributed by atoms with Crippen LogP contribution in [0.4, 0.5) is 10.1 Å². The number of likely N-dealkylation sites (N-methyl/N-ethyl adjacent to an activating group) is 1. The molecule has 184 valence electrons. The van der Waals surface area contributed by atoms with E-state index in [-0.39, 0.29) is 5.82 Å². The molecule has 0 aliphatic heterocycles. The van der Waals surface area contributed by atoms with Crippen LogP contribution < -0.4 is 5.32 Å². The van der Waals surface area contributed by atoms with Crippen LogP contribution in [0, 0.1) is 5.82 Å². The Morgan fingerprint density at radius 1 is 0.946 bits per heavy atom. The normalized spacial score (nSPS) is 11.6. The Morgan fingerprint density at radius 3 is 2.70 bits per heavy atom. The molecule has 0 saturated heterocycles. The van der Waals surface area contributed by atoms with Gasteiger partial charge < -0.3 is 15.2 Å². The van der Waals surface area contributed by atoms with Gasteiger partial charge in [-0.15, -0.1) is 0 Å². The molecule has 0 spiro atoms. The maximum Gasteiger partial charge on any atom is 0.161 e. The third kappa shape index (κ3) is 4.50. The lowest BCUT2D eigenvalue weighted by atomic mass is 10.0. The second-order valence-corrected chi connectivity index (χ2v) is 9.00. The molecule has 4 heterocycles. The number of halogens is 1. The number of hydrogen-bond acceptors (Lipinski definition) is 7. The Labute approximate surface area is 211 Å². The summed E-state index contributed by atoms with van der Waals surface area (Å²) in [6.07, 6.45) is 4.93. The molecule has 0 fully saturated rings. The summed E-state index contributed by atoms with van der Waals surface area (Å²) in [6, 6.07) is 14.6. The highest BCUT2D eigenvalue weighted by atomic mass is 19.1. The number of aromatic amines is 2. The maximum atomic E-state index is 14.6. The van der Waals surface area contributed by atoms with Gasteiger partial charge in [0.15, 0.2) is 11.5 Å². The number of imidazole rings is 1. The van der Waals surface area contributed by atoms with E-state index in [0.717, 1.165) is 39.9 Å². The van der Waals surface area contributed by atoms with Gasteiger partial charge in [-0.2, -0.15) is 5.10 Å². The van der Waals surface area contributed by atoms with E-state index in [0.29, 0.717) is 35.0 Å². The Morgan fingerprint density at radius 2 is 1.86 bits per heavy atom. The minimum atomic E-state index is -0.309. The monoisotopic (exact) mass is 493 g/mol. The average molecular weight is 494 g/mol. The van der Waals surface area contributed by atoms with Crippen molar-refractivity contribution in [3.05, 3.63) is 72.9 Å². The van der Waals surface area contributed by atoms with Crippen molar-refractivity contribution >= 4 is 27.8 Å². The Hall–Kier alpha value is -4.70. The molecule has 6 rings (SSSR count). The van der Waals surface area contributed by atoms with Gasteiger partial charge in [-0.25, -0.2) is 14.4 Å². The van der Waals surface area contributed by atoms with Gasteiger partial charge in [-0.1, -0.05) is 12.1 Å². The average Bonchev–Trinajstić information content (AvgIpc) is 3.52. The van der Waals surface area contributed by atoms with Gasteiger partial charge in [0.05, 0.1) is 28.4 Å². The molecular weight excluding hydrogens is 469 g/mol. The summed E-state index contributed by atoms with van der Waals surface area (Å²) in [6.45, 7) is 1.55. The third-order valence-electron chi connectivity index (χ3n) is 6.07. The van der Waals surface area contributed by atoms with Crippen LogP contribution in [0.3, 0.4) is 0 Å². The molecule has 0 radical (unpaired) electrons. The van der Waals surface area contributed by atoms with E-state index in [1.54, 1.807) is 18.6 Å². The Bertz CT molecular complexity index is 1710. The van der Waals surface area contributed by atoms with Gasteiger partial charge in [-0.3, -0.25) is 15.1 Å². The van der Waals surface area contributed by atoms with Gasteiger partial charge in [0, 0.05) is 36.7 Å². The molecule has 2 aromatic carbocycles. The van der Waals surface area contributed by atoms with Gasteiger partial charge in [-0.05, 0) is 56.1 Å². The van der Waals surface area contributed by atoms with Crippen molar-refractivity contribution in [2.24, 2.45) is 0 Å². The zero-order chi connectivity index (χ0) is 25.4. The van der Waals surface area contributed by atoms with Crippen LogP contribution >= 0.6 is 0 Å². The first kappa shape index (κ1) is 22.7. The summed E-state index contributed by atoms with van der Waals surface area (Å²) >= 11 is 0. The predicted octanol–water partition coefficient (Wildman–Crippen LogP) is 4.74. The molecule has 9 nitrogen and oxygen atoms in total. The minimum absolute atomic E-state index is 0.309. The van der Waals surface area contributed by atoms with Gasteiger partial charge >= 0.3 is 0 Å². The summed E-state index contributed by atoms with van der Waals surface area (Å²) in [7, 11) is 4.01. The van der Waals surface area contributed by atoms with Crippen LogP contribution in [0.15, 0.2) is 67.1 Å². The Kier molecular flexibility index (Phi) is 5.78. The highest BCUT2D eigenvalue weighted by molar-refractivity contribution is 5.96. The first-order chi connectivity index (χ1) is 18.0. The predicted molar refractivity (Wildman–Crippen MR) is 142 cm³/mol. The van der Waals surface area contributed by atoms with Crippen LogP contribution in [-0.2, 0) is 0 Å². The van der Waals surface area contributed by atoms with Crippen molar-refractivity contribution in [2.45, 2.75) is 0 Å². The van der Waals surface area contributed by atoms with Crippen LogP contribution in [0.1, 0.15) is 0 Å². The summed E-state index contributed by atoms with van der Waals surface area (Å²) < 4.78 is 14.6. The Balaban J connectivity index is 1.41. The van der Waals surface area contributed by atoms with Crippen LogP contribution in [0.25, 0.3) is 56.1 Å². The fraction of sp³-hybridized carbons (Fsp3) is 0.148. The summed E-state index contributed by atoms with van der Waals surface area (Å²) in [5.41, 5.74) is 7.23. The highest BCUT2D eigenvalue weighted by Gasteiger charge is 2.17. The molecule has 0 amide bonds. The zero-order valence-electron chi connectivity index (χ0n) is 20.3. The zero-order valence-corrected chi connectivity index (χ0v) is 20.3. The standard InChI is InChI=1S/C27H24FN9/c1-37(2)11-10-30-18-13-16(12-17(28)14-18)19-4-3-5-21-24(19)34-27(33-21)26-25-22(35-36-26)7-6-20(32-25)23-15-29-8-9-31-23/h3-9,12-15,30H,10-11H2,1-2H3,(H,33,34)(H,35,36). The van der Waals surface area contributed by atoms with Crippen molar-refractivity contribution in [1.82, 2.24) is 40.0 Å². The third-order valence-corrected chi connectivity index (χ3v) is 6.07. The lowest BCUT2D eigenvalue weighted by molar-refractivity contribution is 0.425. The number of benzene rings is 2. The van der Waals surface area contributed by atoms with Crippen molar-refractivity contribution in [1.29, 1.82) is 0 Å². The quantitative estimate of drug-likeness (QED) is 0.295. The number of para-hydroxylation sites is 1. The molecule has 3 N–H and O–H groups in total. The molecule has 0 bridgehead atoms. The second-order valence-electron chi connectivity index (χ2n) is 9.00. The number of aromatic nitrogens is 7. The molecule has 10 heteroatoms. The van der Waals surface area contributed by atoms with E-state index < -0.39 is 0 Å². The van der Waals surface area contributed by atoms with Crippen molar-refractivity contribution in [2.75, 3.05) is 32.5 Å². The van der Waals surface area contributed by atoms with Gasteiger partial charge in [0.25, 0.3) is 0 Å². The SMILES string of the molecule is CN(C)CCNc1cc(F)cc(-c2cccc3[nH]c(-c4n[nH]c5ccc(-c6cnccn6)nc45)nc23)c1. The molecule has 0 unspecified atom stereocenters. The summed E-state index contributed by atoms with van der Waals surface area (Å²) in [5, 5.41) is 10.8. The first-order valence-corrected chi connectivity index (χ1v) is 11.9. The topological polar surface area (TPSA) is 111 Å². The molecular formula is C27H24FN9. The number of pyridine rings is 1. The molecule has 0 atom stereocenters. The molecule has 0 aliphatic rings. The smallest absolute Gasteiger partial charge is 0.161 e. The van der Waals surface area contributed by atoms with E-state index in [1.165, 1.54) is 12.1 Å². The number of rotatable bonds is 7. The number of fused-ring (bicyclic) bond motifs is 2. The molecule has 6 aromatic rings. The minimum Gasteiger partial charge on any atom is -0.384 e. The van der Waals surface area contributed by atoms with Crippen molar-refractivity contribution < 1.29 is 4.39 Å². The number of hydrogen-bond donors (Lipinski definition) is 3. The van der Waals surface area contributed by atoms with Crippen molar-refractivity contribution in [3.63, 3.8) is 0 Å². The molecule has 0 aliphatic carbocycles. The molecule has 4 aromatic heterocycles. The van der Waals surface area contributed by atoms with E-state index in [2.05, 4.69) is 35.4 Å². The van der Waals surface area contributed by atoms with Crippen LogP contribution in [0.2, 0.25) is 0 Å². The molecule has 37 heavy (non-hydrogen) atoms. The highest BCUT2D eigenvalue weighted by Crippen LogP contribution is 2.33. The van der Waals surface area contributed by atoms with E-state index in [1.807, 2.05) is 50.5 Å². The number of anilines is 1. The van der Waals surface area contributed by atoms with Gasteiger partial charge in [0.1, 0.15) is 17.0 Å². The van der Waals surface area contributed by atoms with Gasteiger partial charge in [0.2, 0.25) is 0 Å². The van der Waals surface area contributed by atoms with Crippen molar-refractivity contribution in [3.8, 4) is 34.0 Å². The number of H-pyrrole nitrogens is 2. The van der Waals surface area contributed by atoms with E-state index >= 15 is 0 Å². The lowest BCUT2D eigenvalue weighted by Crippen LogP contribution is -2.20. The number of nitrogens with one attached hydrogen (secondary N) is 3. The van der Waals surface area contributed by atoms with Crippen LogP contribution in [-0.4, -0.2) is 67.2 Å². The summed E-state index contributed by atoms with van der Waals surface area (Å²) in [5.74, 6) is 0.259. The maximum absolute atomic E-state index is 14.6. The largest absolute Gasteiger partial charge is 0.384 e. The lowest BCUT2D eigenvalue weighted by Gasteiger charge is -2.13. The first-order valence-electron chi connectivity index (χ1n) is 11.9. The molecule has 0 saturated carbocycles. The van der Waals surface area contributed by atoms with E-state index in [9.17, 15) is 4.39 Å². The second kappa shape index (κ2) is 9.40. The van der Waals surface area contributed by atoms with Crippen LogP contribution in [0.5, 0.6) is 0 Å². The summed E-state index contributed by atoms with van der Waals surface area (Å²) in [4.78, 5) is 23.6. The fourth-order valence-electron chi connectivity index (χ4n) is 4.29.